The van der Waals surface area contributed by atoms with Crippen molar-refractivity contribution >= 4 is 5.91 Å². The Hall–Kier alpha value is -4.24. The van der Waals surface area contributed by atoms with E-state index in [1.807, 2.05) is 18.2 Å². The minimum atomic E-state index is -0.849. The number of nitrogens with one attached hydrogen (secondary N) is 1. The summed E-state index contributed by atoms with van der Waals surface area (Å²) in [6, 6.07) is 17.4. The Balaban J connectivity index is 1.35. The van der Waals surface area contributed by atoms with Gasteiger partial charge in [0.25, 0.3) is 0 Å². The molecule has 4 rings (SSSR count). The van der Waals surface area contributed by atoms with Gasteiger partial charge in [0.2, 0.25) is 17.0 Å². The number of nitrogens with zero attached hydrogens (tertiary/aromatic N) is 2. The van der Waals surface area contributed by atoms with E-state index in [1.165, 1.54) is 12.3 Å². The normalized spacial score (nSPS) is 11.7. The van der Waals surface area contributed by atoms with Gasteiger partial charge in [0, 0.05) is 18.2 Å². The van der Waals surface area contributed by atoms with Crippen molar-refractivity contribution in [1.29, 1.82) is 0 Å². The van der Waals surface area contributed by atoms with Crippen LogP contribution >= 0.6 is 0 Å². The number of carbonyl (C=O) groups excluding carboxylic acids is 1. The molecule has 1 unspecified atom stereocenters. The van der Waals surface area contributed by atoms with Crippen molar-refractivity contribution < 1.29 is 23.6 Å². The molecule has 0 saturated heterocycles. The zero-order valence-electron chi connectivity index (χ0n) is 17.7. The molecule has 9 heteroatoms. The summed E-state index contributed by atoms with van der Waals surface area (Å²) in [7, 11) is 0. The van der Waals surface area contributed by atoms with Crippen LogP contribution in [-0.2, 0) is 6.61 Å². The number of hydrogen-bond acceptors (Lipinski definition) is 8. The van der Waals surface area contributed by atoms with E-state index < -0.39 is 12.0 Å². The standard InChI is InChI=1S/C24H21N3O6/c1-15-21(19(28)11-12-31-15)32-14-16-7-9-18(10-8-16)22-26-24(33-27-22)23(30)25-13-20(29)17-5-3-2-4-6-17/h2-12,20,29H,13-14H2,1H3,(H,25,30). The highest BCUT2D eigenvalue weighted by molar-refractivity contribution is 5.89. The highest BCUT2D eigenvalue weighted by Crippen LogP contribution is 2.19. The first-order valence-corrected chi connectivity index (χ1v) is 10.2. The Morgan fingerprint density at radius 1 is 1.12 bits per heavy atom. The topological polar surface area (TPSA) is 128 Å². The van der Waals surface area contributed by atoms with E-state index >= 15 is 0 Å². The van der Waals surface area contributed by atoms with E-state index in [2.05, 4.69) is 15.5 Å². The summed E-state index contributed by atoms with van der Waals surface area (Å²) in [6.07, 6.45) is 0.475. The third kappa shape index (κ3) is 5.34. The molecule has 33 heavy (non-hydrogen) atoms. The summed E-state index contributed by atoms with van der Waals surface area (Å²) < 4.78 is 15.8. The Bertz CT molecular complexity index is 1280. The predicted molar refractivity (Wildman–Crippen MR) is 118 cm³/mol. The van der Waals surface area contributed by atoms with Gasteiger partial charge in [0.1, 0.15) is 12.4 Å². The summed E-state index contributed by atoms with van der Waals surface area (Å²) in [5.41, 5.74) is 1.90. The van der Waals surface area contributed by atoms with Crippen LogP contribution in [0.4, 0.5) is 0 Å². The maximum atomic E-state index is 12.3. The van der Waals surface area contributed by atoms with Gasteiger partial charge in [0.15, 0.2) is 0 Å². The first kappa shape index (κ1) is 22.0. The largest absolute Gasteiger partial charge is 0.482 e. The molecule has 0 saturated carbocycles. The molecular formula is C24H21N3O6. The molecule has 0 aliphatic rings. The Morgan fingerprint density at radius 3 is 2.61 bits per heavy atom. The molecule has 0 fully saturated rings. The fourth-order valence-corrected chi connectivity index (χ4v) is 3.07. The third-order valence-electron chi connectivity index (χ3n) is 4.86. The molecule has 2 aromatic heterocycles. The van der Waals surface area contributed by atoms with E-state index in [-0.39, 0.29) is 36.0 Å². The lowest BCUT2D eigenvalue weighted by Crippen LogP contribution is -2.28. The minimum absolute atomic E-state index is 0.00843. The number of carbonyl (C=O) groups is 1. The lowest BCUT2D eigenvalue weighted by atomic mass is 10.1. The van der Waals surface area contributed by atoms with E-state index in [1.54, 1.807) is 43.3 Å². The van der Waals surface area contributed by atoms with Crippen molar-refractivity contribution in [2.24, 2.45) is 0 Å². The van der Waals surface area contributed by atoms with Crippen LogP contribution in [0.2, 0.25) is 0 Å². The second-order valence-electron chi connectivity index (χ2n) is 7.22. The number of aliphatic hydroxyl groups excluding tert-OH is 1. The molecule has 0 spiro atoms. The van der Waals surface area contributed by atoms with E-state index in [0.29, 0.717) is 16.9 Å². The molecule has 1 atom stereocenters. The predicted octanol–water partition coefficient (Wildman–Crippen LogP) is 3.04. The fraction of sp³-hybridized carbons (Fsp3) is 0.167. The third-order valence-corrected chi connectivity index (χ3v) is 4.86. The zero-order chi connectivity index (χ0) is 23.2. The summed E-state index contributed by atoms with van der Waals surface area (Å²) in [5, 5.41) is 16.6. The molecule has 1 amide bonds. The fourth-order valence-electron chi connectivity index (χ4n) is 3.07. The number of ether oxygens (including phenoxy) is 1. The summed E-state index contributed by atoms with van der Waals surface area (Å²) in [5.74, 6) is 0.0475. The van der Waals surface area contributed by atoms with Crippen LogP contribution in [0, 0.1) is 6.92 Å². The summed E-state index contributed by atoms with van der Waals surface area (Å²) >= 11 is 0. The quantitative estimate of drug-likeness (QED) is 0.422. The number of rotatable bonds is 8. The van der Waals surface area contributed by atoms with Gasteiger partial charge in [-0.25, -0.2) is 0 Å². The van der Waals surface area contributed by atoms with Crippen LogP contribution in [0.5, 0.6) is 5.75 Å². The molecule has 2 N–H and O–H groups in total. The van der Waals surface area contributed by atoms with Crippen LogP contribution in [-0.4, -0.2) is 27.7 Å². The summed E-state index contributed by atoms with van der Waals surface area (Å²) in [6.45, 7) is 1.85. The maximum Gasteiger partial charge on any atom is 0.316 e. The van der Waals surface area contributed by atoms with E-state index in [4.69, 9.17) is 13.7 Å². The van der Waals surface area contributed by atoms with Crippen LogP contribution in [0.15, 0.2) is 80.7 Å². The molecule has 0 bridgehead atoms. The van der Waals surface area contributed by atoms with E-state index in [0.717, 1.165) is 5.56 Å². The molecule has 2 heterocycles. The van der Waals surface area contributed by atoms with Crippen molar-refractivity contribution in [2.45, 2.75) is 19.6 Å². The van der Waals surface area contributed by atoms with Gasteiger partial charge >= 0.3 is 11.8 Å². The molecule has 168 valence electrons. The van der Waals surface area contributed by atoms with Crippen molar-refractivity contribution in [1.82, 2.24) is 15.5 Å². The van der Waals surface area contributed by atoms with Crippen molar-refractivity contribution in [3.05, 3.63) is 99.9 Å². The second kappa shape index (κ2) is 9.92. The molecule has 2 aromatic carbocycles. The van der Waals surface area contributed by atoms with Crippen LogP contribution in [0.1, 0.15) is 33.7 Å². The van der Waals surface area contributed by atoms with Crippen LogP contribution < -0.4 is 15.5 Å². The Morgan fingerprint density at radius 2 is 1.88 bits per heavy atom. The molecule has 4 aromatic rings. The number of aliphatic hydroxyl groups is 1. The minimum Gasteiger partial charge on any atom is -0.482 e. The smallest absolute Gasteiger partial charge is 0.316 e. The van der Waals surface area contributed by atoms with Crippen LogP contribution in [0.25, 0.3) is 11.4 Å². The molecule has 9 nitrogen and oxygen atoms in total. The second-order valence-corrected chi connectivity index (χ2v) is 7.22. The maximum absolute atomic E-state index is 12.3. The lowest BCUT2D eigenvalue weighted by Gasteiger charge is -2.10. The molecular weight excluding hydrogens is 426 g/mol. The number of aromatic nitrogens is 2. The van der Waals surface area contributed by atoms with Gasteiger partial charge in [-0.2, -0.15) is 4.98 Å². The molecule has 0 aliphatic heterocycles. The number of aryl methyl sites for hydroxylation is 1. The number of benzene rings is 2. The van der Waals surface area contributed by atoms with Gasteiger partial charge in [-0.05, 0) is 18.1 Å². The van der Waals surface area contributed by atoms with Gasteiger partial charge < -0.3 is 24.1 Å². The van der Waals surface area contributed by atoms with E-state index in [9.17, 15) is 14.7 Å². The molecule has 0 radical (unpaired) electrons. The lowest BCUT2D eigenvalue weighted by molar-refractivity contribution is 0.0873. The zero-order valence-corrected chi connectivity index (χ0v) is 17.7. The SMILES string of the molecule is Cc1occc(=O)c1OCc1ccc(-c2noc(C(=O)NCC(O)c3ccccc3)n2)cc1. The van der Waals surface area contributed by atoms with Gasteiger partial charge in [-0.3, -0.25) is 9.59 Å². The Labute approximate surface area is 188 Å². The van der Waals surface area contributed by atoms with Gasteiger partial charge in [-0.1, -0.05) is 59.8 Å². The average Bonchev–Trinajstić information content (AvgIpc) is 3.33. The number of amides is 1. The first-order valence-electron chi connectivity index (χ1n) is 10.2. The van der Waals surface area contributed by atoms with Crippen molar-refractivity contribution in [3.63, 3.8) is 0 Å². The summed E-state index contributed by atoms with van der Waals surface area (Å²) in [4.78, 5) is 28.3. The van der Waals surface area contributed by atoms with Crippen molar-refractivity contribution in [3.8, 4) is 17.1 Å². The average molecular weight is 447 g/mol. The van der Waals surface area contributed by atoms with Gasteiger partial charge in [-0.15, -0.1) is 0 Å². The monoisotopic (exact) mass is 447 g/mol. The highest BCUT2D eigenvalue weighted by atomic mass is 16.5. The van der Waals surface area contributed by atoms with Gasteiger partial charge in [0.05, 0.1) is 12.4 Å². The van der Waals surface area contributed by atoms with Crippen LogP contribution in [0.3, 0.4) is 0 Å². The number of hydrogen-bond donors (Lipinski definition) is 2. The first-order chi connectivity index (χ1) is 16.0. The highest BCUT2D eigenvalue weighted by Gasteiger charge is 2.18. The van der Waals surface area contributed by atoms with Crippen molar-refractivity contribution in [2.75, 3.05) is 6.54 Å². The molecule has 0 aliphatic carbocycles. The Kier molecular flexibility index (Phi) is 6.61.